The largest absolute Gasteiger partial charge is 0.356 e. The summed E-state index contributed by atoms with van der Waals surface area (Å²) in [5.74, 6) is 1.17. The number of rotatable bonds is 7. The Morgan fingerprint density at radius 2 is 1.92 bits per heavy atom. The summed E-state index contributed by atoms with van der Waals surface area (Å²) in [6.07, 6.45) is 0.756. The number of hydrogen-bond acceptors (Lipinski definition) is 4. The van der Waals surface area contributed by atoms with Crippen LogP contribution < -0.4 is 15.8 Å². The highest BCUT2D eigenvalue weighted by atomic mass is 127. The summed E-state index contributed by atoms with van der Waals surface area (Å²) in [5.41, 5.74) is 1.03. The van der Waals surface area contributed by atoms with Gasteiger partial charge < -0.3 is 10.6 Å². The minimum absolute atomic E-state index is 0. The predicted octanol–water partition coefficient (Wildman–Crippen LogP) is 2.52. The van der Waals surface area contributed by atoms with E-state index in [1.807, 2.05) is 0 Å². The van der Waals surface area contributed by atoms with Crippen LogP contribution in [0.3, 0.4) is 0 Å². The molecule has 0 radical (unpaired) electrons. The molecule has 1 aromatic heterocycles. The average Bonchev–Trinajstić information content (AvgIpc) is 3.12. The van der Waals surface area contributed by atoms with Crippen molar-refractivity contribution in [1.29, 1.82) is 0 Å². The highest BCUT2D eigenvalue weighted by Crippen LogP contribution is 2.19. The van der Waals surface area contributed by atoms with Gasteiger partial charge in [-0.3, -0.25) is 4.99 Å². The lowest BCUT2D eigenvalue weighted by Gasteiger charge is -2.15. The standard InChI is InChI=1S/C17H24N4O2S2.HI/c1-13(16-4-3-11-24-16)12-21-17(19-2)20-10-9-14-5-7-15(8-6-14)25(18,22)23;/h3-8,11,13H,9-10,12H2,1-2H3,(H2,18,22,23)(H2,19,20,21);1H. The fourth-order valence-corrected chi connectivity index (χ4v) is 3.62. The number of nitrogens with zero attached hydrogens (tertiary/aromatic N) is 1. The number of nitrogens with two attached hydrogens (primary N) is 1. The van der Waals surface area contributed by atoms with E-state index in [4.69, 9.17) is 5.14 Å². The van der Waals surface area contributed by atoms with Gasteiger partial charge in [-0.2, -0.15) is 0 Å². The van der Waals surface area contributed by atoms with E-state index in [9.17, 15) is 8.42 Å². The second-order valence-electron chi connectivity index (χ2n) is 5.74. The van der Waals surface area contributed by atoms with Crippen molar-refractivity contribution in [2.24, 2.45) is 10.1 Å². The number of guanidine groups is 1. The lowest BCUT2D eigenvalue weighted by molar-refractivity contribution is 0.598. The topological polar surface area (TPSA) is 96.6 Å². The van der Waals surface area contributed by atoms with Gasteiger partial charge in [0.25, 0.3) is 0 Å². The number of thiophene rings is 1. The van der Waals surface area contributed by atoms with Crippen molar-refractivity contribution in [1.82, 2.24) is 10.6 Å². The summed E-state index contributed by atoms with van der Waals surface area (Å²) >= 11 is 1.76. The van der Waals surface area contributed by atoms with E-state index >= 15 is 0 Å². The van der Waals surface area contributed by atoms with Crippen LogP contribution in [0.1, 0.15) is 23.3 Å². The van der Waals surface area contributed by atoms with Crippen molar-refractivity contribution < 1.29 is 8.42 Å². The first-order valence-electron chi connectivity index (χ1n) is 8.00. The molecule has 0 bridgehead atoms. The SMILES string of the molecule is CN=C(NCCc1ccc(S(N)(=O)=O)cc1)NCC(C)c1cccs1.I. The van der Waals surface area contributed by atoms with E-state index in [1.54, 1.807) is 30.5 Å². The van der Waals surface area contributed by atoms with Crippen LogP contribution in [-0.4, -0.2) is 34.5 Å². The molecule has 0 aliphatic heterocycles. The lowest BCUT2D eigenvalue weighted by Crippen LogP contribution is -2.39. The molecule has 1 unspecified atom stereocenters. The predicted molar refractivity (Wildman–Crippen MR) is 119 cm³/mol. The molecular formula is C17H25IN4O2S2. The summed E-state index contributed by atoms with van der Waals surface area (Å²) in [5, 5.41) is 13.8. The van der Waals surface area contributed by atoms with Crippen LogP contribution >= 0.6 is 35.3 Å². The van der Waals surface area contributed by atoms with E-state index in [0.717, 1.165) is 24.5 Å². The summed E-state index contributed by atoms with van der Waals surface area (Å²) in [7, 11) is -1.89. The van der Waals surface area contributed by atoms with Gasteiger partial charge >= 0.3 is 0 Å². The highest BCUT2D eigenvalue weighted by Gasteiger charge is 2.08. The molecule has 1 atom stereocenters. The lowest BCUT2D eigenvalue weighted by atomic mass is 10.1. The number of benzene rings is 1. The van der Waals surface area contributed by atoms with Gasteiger partial charge in [-0.05, 0) is 35.6 Å². The van der Waals surface area contributed by atoms with Crippen LogP contribution in [0.4, 0.5) is 0 Å². The normalized spacial score (nSPS) is 13.0. The van der Waals surface area contributed by atoms with Crippen molar-refractivity contribution in [2.45, 2.75) is 24.2 Å². The summed E-state index contributed by atoms with van der Waals surface area (Å²) < 4.78 is 22.5. The van der Waals surface area contributed by atoms with Crippen molar-refractivity contribution in [3.05, 3.63) is 52.2 Å². The van der Waals surface area contributed by atoms with Gasteiger partial charge in [-0.25, -0.2) is 13.6 Å². The Hall–Kier alpha value is -1.17. The van der Waals surface area contributed by atoms with Crippen LogP contribution in [-0.2, 0) is 16.4 Å². The minimum atomic E-state index is -3.64. The fraction of sp³-hybridized carbons (Fsp3) is 0.353. The molecule has 2 rings (SSSR count). The first kappa shape index (κ1) is 22.9. The van der Waals surface area contributed by atoms with E-state index in [-0.39, 0.29) is 28.9 Å². The van der Waals surface area contributed by atoms with Crippen molar-refractivity contribution >= 4 is 51.3 Å². The Kier molecular flexibility index (Phi) is 9.55. The minimum Gasteiger partial charge on any atom is -0.356 e. The monoisotopic (exact) mass is 508 g/mol. The van der Waals surface area contributed by atoms with Crippen LogP contribution in [0.5, 0.6) is 0 Å². The van der Waals surface area contributed by atoms with Gasteiger partial charge in [0.15, 0.2) is 5.96 Å². The second kappa shape index (κ2) is 10.9. The number of nitrogens with one attached hydrogen (secondary N) is 2. The molecule has 4 N–H and O–H groups in total. The van der Waals surface area contributed by atoms with E-state index < -0.39 is 10.0 Å². The van der Waals surface area contributed by atoms with Gasteiger partial charge in [0.1, 0.15) is 0 Å². The number of hydrogen-bond donors (Lipinski definition) is 3. The molecule has 9 heteroatoms. The average molecular weight is 508 g/mol. The molecule has 144 valence electrons. The molecule has 1 aromatic carbocycles. The number of halogens is 1. The van der Waals surface area contributed by atoms with Crippen LogP contribution in [0, 0.1) is 0 Å². The maximum absolute atomic E-state index is 11.2. The molecule has 1 heterocycles. The van der Waals surface area contributed by atoms with Gasteiger partial charge in [0, 0.05) is 30.9 Å². The molecule has 0 aliphatic carbocycles. The third-order valence-corrected chi connectivity index (χ3v) is 5.82. The van der Waals surface area contributed by atoms with Crippen LogP contribution in [0.15, 0.2) is 51.7 Å². The molecule has 26 heavy (non-hydrogen) atoms. The molecule has 0 fully saturated rings. The summed E-state index contributed by atoms with van der Waals surface area (Å²) in [6, 6.07) is 10.8. The Labute approximate surface area is 176 Å². The Morgan fingerprint density at radius 1 is 1.23 bits per heavy atom. The van der Waals surface area contributed by atoms with Crippen LogP contribution in [0.2, 0.25) is 0 Å². The maximum atomic E-state index is 11.2. The summed E-state index contributed by atoms with van der Waals surface area (Å²) in [4.78, 5) is 5.70. The smallest absolute Gasteiger partial charge is 0.238 e. The molecule has 0 saturated carbocycles. The molecular weight excluding hydrogens is 483 g/mol. The zero-order valence-electron chi connectivity index (χ0n) is 14.8. The first-order valence-corrected chi connectivity index (χ1v) is 10.4. The van der Waals surface area contributed by atoms with Gasteiger partial charge in [0.05, 0.1) is 4.90 Å². The number of sulfonamides is 1. The Bertz CT molecular complexity index is 791. The molecule has 0 saturated heterocycles. The zero-order chi connectivity index (χ0) is 18.3. The molecule has 0 amide bonds. The number of aliphatic imine (C=N–C) groups is 1. The van der Waals surface area contributed by atoms with Gasteiger partial charge in [0.2, 0.25) is 10.0 Å². The maximum Gasteiger partial charge on any atom is 0.238 e. The van der Waals surface area contributed by atoms with Crippen LogP contribution in [0.25, 0.3) is 0 Å². The third kappa shape index (κ3) is 7.22. The molecule has 0 spiro atoms. The summed E-state index contributed by atoms with van der Waals surface area (Å²) in [6.45, 7) is 3.68. The van der Waals surface area contributed by atoms with E-state index in [2.05, 4.69) is 40.1 Å². The Balaban J connectivity index is 0.00000338. The molecule has 0 aliphatic rings. The third-order valence-electron chi connectivity index (χ3n) is 3.79. The van der Waals surface area contributed by atoms with E-state index in [0.29, 0.717) is 12.5 Å². The van der Waals surface area contributed by atoms with Crippen molar-refractivity contribution in [2.75, 3.05) is 20.1 Å². The second-order valence-corrected chi connectivity index (χ2v) is 8.28. The van der Waals surface area contributed by atoms with Crippen molar-refractivity contribution in [3.63, 3.8) is 0 Å². The van der Waals surface area contributed by atoms with Crippen molar-refractivity contribution in [3.8, 4) is 0 Å². The number of primary sulfonamides is 1. The molecule has 2 aromatic rings. The fourth-order valence-electron chi connectivity index (χ4n) is 2.31. The van der Waals surface area contributed by atoms with Gasteiger partial charge in [-0.15, -0.1) is 35.3 Å². The van der Waals surface area contributed by atoms with Gasteiger partial charge in [-0.1, -0.05) is 25.1 Å². The molecule has 6 nitrogen and oxygen atoms in total. The quantitative estimate of drug-likeness (QED) is 0.304. The first-order chi connectivity index (χ1) is 11.9. The van der Waals surface area contributed by atoms with E-state index in [1.165, 1.54) is 17.0 Å². The Morgan fingerprint density at radius 3 is 2.46 bits per heavy atom. The zero-order valence-corrected chi connectivity index (χ0v) is 18.8. The highest BCUT2D eigenvalue weighted by molar-refractivity contribution is 14.0.